The predicted octanol–water partition coefficient (Wildman–Crippen LogP) is -4.80. The molecule has 0 radical (unpaired) electrons. The Hall–Kier alpha value is -3.46. The number of carbonyl (C=O) groups is 5. The van der Waals surface area contributed by atoms with E-state index in [4.69, 9.17) is 27.4 Å². The van der Waals surface area contributed by atoms with Gasteiger partial charge in [-0.3, -0.25) is 24.2 Å². The minimum atomic E-state index is -1.59. The van der Waals surface area contributed by atoms with Crippen LogP contribution >= 0.6 is 0 Å². The Labute approximate surface area is 189 Å². The number of carboxylic acid groups (broad SMARTS) is 1. The minimum Gasteiger partial charge on any atom is -0.480 e. The number of aliphatic imine (C=N–C) groups is 1. The summed E-state index contributed by atoms with van der Waals surface area (Å²) in [5.74, 6) is -4.74. The lowest BCUT2D eigenvalue weighted by Crippen LogP contribution is -2.58. The van der Waals surface area contributed by atoms with Gasteiger partial charge in [0.1, 0.15) is 18.1 Å². The maximum Gasteiger partial charge on any atom is 0.328 e. The third kappa shape index (κ3) is 10.1. The average Bonchev–Trinajstić information content (AvgIpc) is 3.27. The van der Waals surface area contributed by atoms with Crippen molar-refractivity contribution in [1.29, 1.82) is 0 Å². The molecule has 4 unspecified atom stereocenters. The van der Waals surface area contributed by atoms with Gasteiger partial charge in [-0.2, -0.15) is 0 Å². The second-order valence-corrected chi connectivity index (χ2v) is 7.47. The standard InChI is InChI=1S/C18H32N8O7/c19-13(28)7-11(25-14(29)9-3-1-5-22-9)16(31)24-10(4-2-6-23-18(20)21)15(30)26-12(8-27)17(32)33/h9-12,22,27H,1-8H2,(H2,19,28)(H,24,31)(H,25,29)(H,26,30)(H,32,33)(H4,20,21,23). The van der Waals surface area contributed by atoms with Crippen molar-refractivity contribution in [2.24, 2.45) is 22.2 Å². The normalized spacial score (nSPS) is 17.8. The number of aliphatic hydroxyl groups is 1. The number of nitrogens with one attached hydrogen (secondary N) is 4. The van der Waals surface area contributed by atoms with Gasteiger partial charge < -0.3 is 48.7 Å². The van der Waals surface area contributed by atoms with Crippen LogP contribution in [0, 0.1) is 0 Å². The monoisotopic (exact) mass is 472 g/mol. The fourth-order valence-corrected chi connectivity index (χ4v) is 3.09. The van der Waals surface area contributed by atoms with Gasteiger partial charge in [-0.1, -0.05) is 0 Å². The van der Waals surface area contributed by atoms with E-state index in [0.29, 0.717) is 13.0 Å². The van der Waals surface area contributed by atoms with Crippen molar-refractivity contribution in [2.75, 3.05) is 19.7 Å². The lowest BCUT2D eigenvalue weighted by atomic mass is 10.1. The van der Waals surface area contributed by atoms with Crippen molar-refractivity contribution < 1.29 is 34.2 Å². The molecule has 4 atom stereocenters. The van der Waals surface area contributed by atoms with Gasteiger partial charge in [0.05, 0.1) is 19.1 Å². The van der Waals surface area contributed by atoms with Crippen molar-refractivity contribution in [1.82, 2.24) is 21.3 Å². The van der Waals surface area contributed by atoms with Gasteiger partial charge in [0.25, 0.3) is 0 Å². The molecule has 0 aliphatic carbocycles. The first-order valence-electron chi connectivity index (χ1n) is 10.4. The largest absolute Gasteiger partial charge is 0.480 e. The first-order valence-corrected chi connectivity index (χ1v) is 10.4. The number of hydrogen-bond donors (Lipinski definition) is 9. The van der Waals surface area contributed by atoms with Crippen LogP contribution in [0.1, 0.15) is 32.1 Å². The van der Waals surface area contributed by atoms with E-state index in [0.717, 1.165) is 6.42 Å². The van der Waals surface area contributed by atoms with Crippen LogP contribution in [0.5, 0.6) is 0 Å². The van der Waals surface area contributed by atoms with Crippen molar-refractivity contribution in [3.8, 4) is 0 Å². The maximum absolute atomic E-state index is 12.8. The van der Waals surface area contributed by atoms with Crippen LogP contribution in [0.15, 0.2) is 4.99 Å². The predicted molar refractivity (Wildman–Crippen MR) is 115 cm³/mol. The first kappa shape index (κ1) is 27.6. The third-order valence-electron chi connectivity index (χ3n) is 4.79. The molecular weight excluding hydrogens is 440 g/mol. The summed E-state index contributed by atoms with van der Waals surface area (Å²) in [6, 6.07) is -4.73. The number of amides is 4. The Bertz CT molecular complexity index is 750. The molecule has 0 saturated carbocycles. The third-order valence-corrected chi connectivity index (χ3v) is 4.79. The quantitative estimate of drug-likeness (QED) is 0.0661. The summed E-state index contributed by atoms with van der Waals surface area (Å²) >= 11 is 0. The Morgan fingerprint density at radius 1 is 1.00 bits per heavy atom. The van der Waals surface area contributed by atoms with Crippen LogP contribution < -0.4 is 38.5 Å². The van der Waals surface area contributed by atoms with Crippen LogP contribution in [0.4, 0.5) is 0 Å². The van der Waals surface area contributed by atoms with Crippen LogP contribution in [-0.2, 0) is 24.0 Å². The van der Waals surface area contributed by atoms with E-state index in [1.165, 1.54) is 0 Å². The van der Waals surface area contributed by atoms with Crippen molar-refractivity contribution >= 4 is 35.6 Å². The number of nitrogens with zero attached hydrogens (tertiary/aromatic N) is 1. The molecule has 0 spiro atoms. The number of primary amides is 1. The Morgan fingerprint density at radius 3 is 2.15 bits per heavy atom. The molecule has 1 rings (SSSR count). The number of carbonyl (C=O) groups excluding carboxylic acids is 4. The van der Waals surface area contributed by atoms with Gasteiger partial charge in [0.2, 0.25) is 23.6 Å². The number of aliphatic hydroxyl groups excluding tert-OH is 1. The molecule has 0 aromatic heterocycles. The minimum absolute atomic E-state index is 0.00641. The highest BCUT2D eigenvalue weighted by atomic mass is 16.4. The molecule has 1 fully saturated rings. The highest BCUT2D eigenvalue weighted by Gasteiger charge is 2.32. The number of carboxylic acids is 1. The molecule has 186 valence electrons. The van der Waals surface area contributed by atoms with E-state index in [1.807, 2.05) is 0 Å². The molecule has 12 N–H and O–H groups in total. The number of aliphatic carboxylic acids is 1. The highest BCUT2D eigenvalue weighted by molar-refractivity contribution is 5.96. The van der Waals surface area contributed by atoms with E-state index in [1.54, 1.807) is 0 Å². The van der Waals surface area contributed by atoms with Gasteiger partial charge in [-0.25, -0.2) is 4.79 Å². The molecule has 1 aliphatic rings. The van der Waals surface area contributed by atoms with Crippen LogP contribution in [0.25, 0.3) is 0 Å². The van der Waals surface area contributed by atoms with E-state index < -0.39 is 66.8 Å². The molecule has 1 heterocycles. The molecule has 0 bridgehead atoms. The van der Waals surface area contributed by atoms with Crippen molar-refractivity contribution in [3.63, 3.8) is 0 Å². The zero-order valence-corrected chi connectivity index (χ0v) is 18.1. The number of rotatable bonds is 14. The number of guanidine groups is 1. The lowest BCUT2D eigenvalue weighted by molar-refractivity contribution is -0.143. The molecule has 15 heteroatoms. The van der Waals surface area contributed by atoms with Gasteiger partial charge in [0.15, 0.2) is 5.96 Å². The zero-order valence-electron chi connectivity index (χ0n) is 18.1. The SMILES string of the molecule is NC(=O)CC(NC(=O)C1CCCN1)C(=O)NC(CCCN=C(N)N)C(=O)NC(CO)C(=O)O. The zero-order chi connectivity index (χ0) is 25.0. The van der Waals surface area contributed by atoms with Gasteiger partial charge in [-0.05, 0) is 32.2 Å². The van der Waals surface area contributed by atoms with Gasteiger partial charge >= 0.3 is 5.97 Å². The van der Waals surface area contributed by atoms with Gasteiger partial charge in [-0.15, -0.1) is 0 Å². The second-order valence-electron chi connectivity index (χ2n) is 7.47. The molecule has 1 aliphatic heterocycles. The fourth-order valence-electron chi connectivity index (χ4n) is 3.09. The van der Waals surface area contributed by atoms with E-state index in [-0.39, 0.29) is 25.3 Å². The summed E-state index contributed by atoms with van der Waals surface area (Å²) in [5, 5.41) is 28.1. The lowest BCUT2D eigenvalue weighted by Gasteiger charge is -2.24. The summed E-state index contributed by atoms with van der Waals surface area (Å²) in [5.41, 5.74) is 15.7. The van der Waals surface area contributed by atoms with Crippen LogP contribution in [0.3, 0.4) is 0 Å². The Kier molecular flexibility index (Phi) is 11.6. The summed E-state index contributed by atoms with van der Waals surface area (Å²) in [4.78, 5) is 64.1. The van der Waals surface area contributed by atoms with E-state index in [2.05, 4.69) is 26.3 Å². The van der Waals surface area contributed by atoms with Gasteiger partial charge in [0, 0.05) is 6.54 Å². The van der Waals surface area contributed by atoms with Crippen molar-refractivity contribution in [3.05, 3.63) is 0 Å². The Balaban J connectivity index is 2.92. The summed E-state index contributed by atoms with van der Waals surface area (Å²) in [6.07, 6.45) is 1.04. The fraction of sp³-hybridized carbons (Fsp3) is 0.667. The molecule has 1 saturated heterocycles. The average molecular weight is 473 g/mol. The van der Waals surface area contributed by atoms with E-state index in [9.17, 15) is 24.0 Å². The van der Waals surface area contributed by atoms with E-state index >= 15 is 0 Å². The first-order chi connectivity index (χ1) is 15.5. The molecule has 15 nitrogen and oxygen atoms in total. The van der Waals surface area contributed by atoms with Crippen LogP contribution in [0.2, 0.25) is 0 Å². The molecular formula is C18H32N8O7. The highest BCUT2D eigenvalue weighted by Crippen LogP contribution is 2.07. The van der Waals surface area contributed by atoms with Crippen LogP contribution in [-0.4, -0.2) is 89.6 Å². The Morgan fingerprint density at radius 2 is 1.64 bits per heavy atom. The molecule has 0 aromatic rings. The molecule has 4 amide bonds. The number of nitrogens with two attached hydrogens (primary N) is 3. The molecule has 0 aromatic carbocycles. The summed E-state index contributed by atoms with van der Waals surface area (Å²) in [7, 11) is 0. The second kappa shape index (κ2) is 13.8. The topological polar surface area (TPSA) is 264 Å². The van der Waals surface area contributed by atoms with Crippen molar-refractivity contribution in [2.45, 2.75) is 56.3 Å². The number of hydrogen-bond acceptors (Lipinski definition) is 8. The smallest absolute Gasteiger partial charge is 0.328 e. The maximum atomic E-state index is 12.8. The summed E-state index contributed by atoms with van der Waals surface area (Å²) < 4.78 is 0. The summed E-state index contributed by atoms with van der Waals surface area (Å²) in [6.45, 7) is -0.109. The molecule has 33 heavy (non-hydrogen) atoms.